The Balaban J connectivity index is 1.62. The molecule has 4 rings (SSSR count). The summed E-state index contributed by atoms with van der Waals surface area (Å²) in [5.74, 6) is -15.7. The Morgan fingerprint density at radius 2 is 1.11 bits per heavy atom. The molecule has 3 saturated heterocycles. The number of H-pyrrole nitrogens is 1. The van der Waals surface area contributed by atoms with Gasteiger partial charge in [0.1, 0.15) is 110 Å². The zero-order chi connectivity index (χ0) is 74.4. The van der Waals surface area contributed by atoms with Gasteiger partial charge in [0.15, 0.2) is 12.6 Å². The molecule has 43 nitrogen and oxygen atoms in total. The van der Waals surface area contributed by atoms with E-state index in [4.69, 9.17) is 24.7 Å². The summed E-state index contributed by atoms with van der Waals surface area (Å²) in [5, 5.41) is 147. The highest BCUT2D eigenvalue weighted by Gasteiger charge is 2.51. The second-order valence-corrected chi connectivity index (χ2v) is 23.7. The fourth-order valence-corrected chi connectivity index (χ4v) is 10.4. The van der Waals surface area contributed by atoms with E-state index in [1.807, 2.05) is 0 Å². The fraction of sp³-hybridized carbons (Fsp3) is 0.714. The number of carbonyl (C=O) groups is 13. The lowest BCUT2D eigenvalue weighted by atomic mass is 9.96. The number of hydrogen-bond donors (Lipinski definition) is 24. The lowest BCUT2D eigenvalue weighted by Gasteiger charge is -2.45. The summed E-state index contributed by atoms with van der Waals surface area (Å²) in [5.41, 5.74) is 5.76. The lowest BCUT2D eigenvalue weighted by molar-refractivity contribution is -0.308. The number of likely N-dealkylation sites (tertiary alicyclic amines) is 1. The number of aliphatic carboxylic acids is 2. The van der Waals surface area contributed by atoms with Crippen molar-refractivity contribution in [3.63, 3.8) is 0 Å². The Morgan fingerprint density at radius 1 is 0.626 bits per heavy atom. The smallest absolute Gasteiger partial charge is 0.322 e. The number of nitrogens with one attached hydrogen (secondary N) is 11. The molecule has 0 radical (unpaired) electrons. The molecule has 0 aliphatic carbocycles. The van der Waals surface area contributed by atoms with Gasteiger partial charge in [-0.05, 0) is 47.0 Å². The third-order valence-corrected chi connectivity index (χ3v) is 15.9. The van der Waals surface area contributed by atoms with E-state index in [2.05, 4.69) is 63.1 Å². The van der Waals surface area contributed by atoms with Gasteiger partial charge < -0.3 is 149 Å². The van der Waals surface area contributed by atoms with Gasteiger partial charge in [-0.3, -0.25) is 62.3 Å². The molecule has 43 heteroatoms. The SMILES string of the molecule is CC(=O)N[C@H]1[C@@H](O[C@H](C)[C@H](NC(=O)[C@H](CO)NC(=O)[C@H](Cc2cnc[nH]2)NC(=O)[C@H](CO)NC(=O)[C@@H](NC(=O)[C@@H](NC(=O)[C@H](CCC(=O)O)NC(=O)[C@@H](N)[C@@H](C)O)[C@@H](C)O)[C@@H](C)O)C(=O)N2CCC[C@H]2C(=O)NCC(=O)O)O[C@H](CO[C@@H]2O[C@H](CO)[C@@H](O)[C@H](O)[C@H]2NC(C)=O)[C@H](O)[C@@H]1O. The second kappa shape index (κ2) is 38.9. The van der Waals surface area contributed by atoms with Crippen LogP contribution in [0.15, 0.2) is 12.5 Å². The summed E-state index contributed by atoms with van der Waals surface area (Å²) in [6.45, 7) is 1.02. The largest absolute Gasteiger partial charge is 0.481 e. The number of nitrogens with two attached hydrogens (primary N) is 1. The Hall–Kier alpha value is -8.28. The van der Waals surface area contributed by atoms with Crippen LogP contribution in [-0.2, 0) is 87.7 Å². The number of amides is 11. The first-order valence-corrected chi connectivity index (χ1v) is 31.0. The zero-order valence-corrected chi connectivity index (χ0v) is 54.5. The van der Waals surface area contributed by atoms with Crippen molar-refractivity contribution in [3.05, 3.63) is 18.2 Å². The van der Waals surface area contributed by atoms with Gasteiger partial charge in [-0.2, -0.15) is 0 Å². The molecule has 0 aromatic carbocycles. The molecule has 1 aromatic heterocycles. The van der Waals surface area contributed by atoms with Crippen molar-refractivity contribution in [3.8, 4) is 0 Å². The van der Waals surface area contributed by atoms with E-state index in [1.54, 1.807) is 0 Å². The molecule has 1 aromatic rings. The Labute approximate surface area is 563 Å². The first-order chi connectivity index (χ1) is 46.5. The maximum atomic E-state index is 14.9. The number of aliphatic hydroxyl groups excluding tert-OH is 10. The van der Waals surface area contributed by atoms with Crippen LogP contribution in [0.4, 0.5) is 0 Å². The molecule has 0 bridgehead atoms. The highest BCUT2D eigenvalue weighted by molar-refractivity contribution is 5.99. The predicted molar refractivity (Wildman–Crippen MR) is 325 cm³/mol. The molecule has 558 valence electrons. The number of aromatic amines is 1. The lowest BCUT2D eigenvalue weighted by Crippen LogP contribution is -2.67. The first-order valence-electron chi connectivity index (χ1n) is 31.0. The van der Waals surface area contributed by atoms with Crippen molar-refractivity contribution < 1.29 is 143 Å². The monoisotopic (exact) mass is 1420 g/mol. The van der Waals surface area contributed by atoms with Gasteiger partial charge >= 0.3 is 11.9 Å². The molecule has 3 aliphatic rings. The van der Waals surface area contributed by atoms with Crippen LogP contribution in [0.1, 0.15) is 72.9 Å². The van der Waals surface area contributed by atoms with Crippen molar-refractivity contribution in [2.45, 2.75) is 214 Å². The number of imidazole rings is 1. The van der Waals surface area contributed by atoms with Crippen LogP contribution in [0.25, 0.3) is 0 Å². The van der Waals surface area contributed by atoms with Gasteiger partial charge in [-0.25, -0.2) is 4.98 Å². The van der Waals surface area contributed by atoms with Gasteiger partial charge in [0.25, 0.3) is 0 Å². The number of aromatic nitrogens is 2. The third kappa shape index (κ3) is 24.0. The minimum Gasteiger partial charge on any atom is -0.481 e. The van der Waals surface area contributed by atoms with Crippen molar-refractivity contribution in [1.82, 2.24) is 68.0 Å². The van der Waals surface area contributed by atoms with Crippen LogP contribution in [0, 0.1) is 0 Å². The number of carboxylic acids is 2. The molecule has 0 unspecified atom stereocenters. The molecule has 0 spiro atoms. The quantitative estimate of drug-likeness (QED) is 0.0294. The minimum absolute atomic E-state index is 0.0467. The van der Waals surface area contributed by atoms with E-state index in [0.29, 0.717) is 0 Å². The first kappa shape index (κ1) is 83.1. The van der Waals surface area contributed by atoms with E-state index in [9.17, 15) is 124 Å². The second-order valence-electron chi connectivity index (χ2n) is 23.7. The molecule has 99 heavy (non-hydrogen) atoms. The molecule has 3 fully saturated rings. The van der Waals surface area contributed by atoms with E-state index in [1.165, 1.54) is 6.20 Å². The Morgan fingerprint density at radius 3 is 1.63 bits per heavy atom. The number of carboxylic acid groups (broad SMARTS) is 2. The van der Waals surface area contributed by atoms with Crippen LogP contribution < -0.4 is 58.9 Å². The van der Waals surface area contributed by atoms with Crippen molar-refractivity contribution in [1.29, 1.82) is 0 Å². The molecule has 0 saturated carbocycles. The highest BCUT2D eigenvalue weighted by atomic mass is 16.7. The molecule has 4 heterocycles. The standard InChI is InChI=1S/C56H90N14O29/c1-20(74)36(57)51(92)63-27(9-10-34(79)80)46(87)67-38(22(3)76)53(94)68-37(21(2)75)52(93)66-29(15-71)48(89)64-28(12-26-13-58-19-60-26)47(88)65-30(16-72)49(90)69-39(54(95)70-11-7-8-31(70)50(91)59-14-35(81)82)23(4)97-56-41(62-25(6)78)45(86)43(84)33(99-56)18-96-55-40(61-24(5)77)44(85)42(83)32(17-73)98-55/h13,19-23,27-33,36-45,55-56,71-76,83-86H,7-12,14-18,57H2,1-6H3,(H,58,60)(H,59,91)(H,61,77)(H,62,78)(H,63,92)(H,64,89)(H,65,88)(H,66,93)(H,67,87)(H,68,94)(H,69,90)(H,79,80)(H,81,82)/t20-,21-,22-,23-,27+,28+,29+,30+,31+,32-,33-,36+,37+,38+,39+,40-,41-,42-,43+,44-,45-,55-,56+/m1/s1. The average molecular weight is 1420 g/mol. The summed E-state index contributed by atoms with van der Waals surface area (Å²) in [6.07, 6.45) is -20.6. The van der Waals surface area contributed by atoms with Crippen LogP contribution in [0.3, 0.4) is 0 Å². The maximum absolute atomic E-state index is 14.9. The molecule has 3 aliphatic heterocycles. The van der Waals surface area contributed by atoms with Crippen LogP contribution in [0.2, 0.25) is 0 Å². The van der Waals surface area contributed by atoms with Crippen LogP contribution >= 0.6 is 0 Å². The zero-order valence-electron chi connectivity index (χ0n) is 54.5. The van der Waals surface area contributed by atoms with E-state index < -0.39 is 269 Å². The van der Waals surface area contributed by atoms with Crippen LogP contribution in [-0.4, -0.2) is 333 Å². The van der Waals surface area contributed by atoms with E-state index in [0.717, 1.165) is 52.8 Å². The highest BCUT2D eigenvalue weighted by Crippen LogP contribution is 2.29. The fourth-order valence-electron chi connectivity index (χ4n) is 10.4. The summed E-state index contributed by atoms with van der Waals surface area (Å²) in [6, 6.07) is -20.1. The molecular weight excluding hydrogens is 1330 g/mol. The third-order valence-electron chi connectivity index (χ3n) is 15.9. The molecule has 11 amide bonds. The van der Waals surface area contributed by atoms with Crippen molar-refractivity contribution >= 4 is 76.9 Å². The van der Waals surface area contributed by atoms with Crippen molar-refractivity contribution in [2.75, 3.05) is 39.5 Å². The Bertz CT molecular complexity index is 2950. The summed E-state index contributed by atoms with van der Waals surface area (Å²) in [7, 11) is 0. The Kier molecular flexibility index (Phi) is 32.7. The van der Waals surface area contributed by atoms with Gasteiger partial charge in [0.05, 0.1) is 57.2 Å². The summed E-state index contributed by atoms with van der Waals surface area (Å²) in [4.78, 5) is 179. The van der Waals surface area contributed by atoms with E-state index >= 15 is 0 Å². The van der Waals surface area contributed by atoms with Crippen molar-refractivity contribution in [2.24, 2.45) is 5.73 Å². The number of hydrogen-bond acceptors (Lipinski definition) is 29. The number of nitrogens with zero attached hydrogens (tertiary/aromatic N) is 2. The maximum Gasteiger partial charge on any atom is 0.322 e. The van der Waals surface area contributed by atoms with E-state index in [-0.39, 0.29) is 25.1 Å². The van der Waals surface area contributed by atoms with Gasteiger partial charge in [0, 0.05) is 45.1 Å². The topological polar surface area (TPSA) is 680 Å². The molecule has 23 atom stereocenters. The van der Waals surface area contributed by atoms with Crippen LogP contribution in [0.5, 0.6) is 0 Å². The number of rotatable bonds is 37. The molecular formula is C56H90N14O29. The summed E-state index contributed by atoms with van der Waals surface area (Å²) >= 11 is 0. The molecule has 25 N–H and O–H groups in total. The van der Waals surface area contributed by atoms with Gasteiger partial charge in [-0.15, -0.1) is 0 Å². The number of aliphatic hydroxyl groups is 10. The predicted octanol–water partition coefficient (Wildman–Crippen LogP) is -13.8. The number of carbonyl (C=O) groups excluding carboxylic acids is 11. The average Bonchev–Trinajstić information content (AvgIpc) is 1.48. The normalized spacial score (nSPS) is 25.8. The van der Waals surface area contributed by atoms with Gasteiger partial charge in [0.2, 0.25) is 65.0 Å². The summed E-state index contributed by atoms with van der Waals surface area (Å²) < 4.78 is 23.5. The van der Waals surface area contributed by atoms with Gasteiger partial charge in [-0.1, -0.05) is 0 Å². The number of ether oxygens (including phenoxy) is 4. The minimum atomic E-state index is -2.11.